The molecule has 30 heavy (non-hydrogen) atoms. The van der Waals surface area contributed by atoms with E-state index in [9.17, 15) is 18.0 Å². The zero-order chi connectivity index (χ0) is 21.7. The van der Waals surface area contributed by atoms with E-state index in [0.29, 0.717) is 29.1 Å². The maximum Gasteiger partial charge on any atom is 0.573 e. The summed E-state index contributed by atoms with van der Waals surface area (Å²) >= 11 is 0. The van der Waals surface area contributed by atoms with Crippen LogP contribution in [0.4, 0.5) is 30.6 Å². The number of carbonyl (C=O) groups excluding carboxylic acids is 1. The SMILES string of the molecule is CCNc1nc(NC(=O)c2cccc(N)c2)cc(-c2cccc(OC(F)(F)F)c2)n1. The fraction of sp³-hybridized carbons (Fsp3) is 0.150. The number of hydrogen-bond acceptors (Lipinski definition) is 6. The number of nitrogen functional groups attached to an aromatic ring is 1. The highest BCUT2D eigenvalue weighted by atomic mass is 19.4. The molecule has 3 aromatic rings. The van der Waals surface area contributed by atoms with E-state index >= 15 is 0 Å². The number of amides is 1. The summed E-state index contributed by atoms with van der Waals surface area (Å²) in [6, 6.07) is 13.2. The minimum absolute atomic E-state index is 0.172. The zero-order valence-corrected chi connectivity index (χ0v) is 15.8. The highest BCUT2D eigenvalue weighted by molar-refractivity contribution is 6.04. The molecule has 10 heteroatoms. The Hall–Kier alpha value is -3.82. The topological polar surface area (TPSA) is 102 Å². The maximum atomic E-state index is 12.5. The Morgan fingerprint density at radius 1 is 1.10 bits per heavy atom. The van der Waals surface area contributed by atoms with Crippen molar-refractivity contribution < 1.29 is 22.7 Å². The number of hydrogen-bond donors (Lipinski definition) is 3. The molecule has 3 rings (SSSR count). The Morgan fingerprint density at radius 3 is 2.57 bits per heavy atom. The van der Waals surface area contributed by atoms with Gasteiger partial charge in [-0.05, 0) is 37.3 Å². The van der Waals surface area contributed by atoms with E-state index in [4.69, 9.17) is 5.73 Å². The van der Waals surface area contributed by atoms with Gasteiger partial charge in [-0.2, -0.15) is 4.98 Å². The van der Waals surface area contributed by atoms with E-state index in [2.05, 4.69) is 25.3 Å². The van der Waals surface area contributed by atoms with Gasteiger partial charge >= 0.3 is 6.36 Å². The van der Waals surface area contributed by atoms with Crippen molar-refractivity contribution in [1.82, 2.24) is 9.97 Å². The minimum Gasteiger partial charge on any atom is -0.406 e. The third kappa shape index (κ3) is 5.60. The lowest BCUT2D eigenvalue weighted by Gasteiger charge is -2.12. The molecule has 0 spiro atoms. The third-order valence-corrected chi connectivity index (χ3v) is 3.81. The van der Waals surface area contributed by atoms with E-state index < -0.39 is 12.3 Å². The number of ether oxygens (including phenoxy) is 1. The van der Waals surface area contributed by atoms with E-state index in [-0.39, 0.29) is 17.5 Å². The zero-order valence-electron chi connectivity index (χ0n) is 15.8. The average Bonchev–Trinajstić information content (AvgIpc) is 2.67. The first-order valence-corrected chi connectivity index (χ1v) is 8.89. The largest absolute Gasteiger partial charge is 0.573 e. The Balaban J connectivity index is 1.93. The van der Waals surface area contributed by atoms with Crippen molar-refractivity contribution in [2.45, 2.75) is 13.3 Å². The smallest absolute Gasteiger partial charge is 0.406 e. The lowest BCUT2D eigenvalue weighted by atomic mass is 10.1. The van der Waals surface area contributed by atoms with E-state index in [1.54, 1.807) is 24.3 Å². The lowest BCUT2D eigenvalue weighted by Crippen LogP contribution is -2.17. The molecule has 4 N–H and O–H groups in total. The summed E-state index contributed by atoms with van der Waals surface area (Å²) in [5, 5.41) is 5.58. The Morgan fingerprint density at radius 2 is 1.87 bits per heavy atom. The Kier molecular flexibility index (Phi) is 6.05. The fourth-order valence-electron chi connectivity index (χ4n) is 2.62. The molecule has 2 aromatic carbocycles. The summed E-state index contributed by atoms with van der Waals surface area (Å²) in [6.07, 6.45) is -4.81. The summed E-state index contributed by atoms with van der Waals surface area (Å²) in [5.41, 5.74) is 7.13. The number of nitrogens with two attached hydrogens (primary N) is 1. The molecule has 0 saturated heterocycles. The second-order valence-corrected chi connectivity index (χ2v) is 6.15. The van der Waals surface area contributed by atoms with E-state index in [1.165, 1.54) is 30.3 Å². The van der Waals surface area contributed by atoms with Gasteiger partial charge in [0.15, 0.2) is 0 Å². The molecule has 0 atom stereocenters. The van der Waals surface area contributed by atoms with Gasteiger partial charge in [0.1, 0.15) is 11.6 Å². The predicted molar refractivity (Wildman–Crippen MR) is 107 cm³/mol. The van der Waals surface area contributed by atoms with Gasteiger partial charge in [0.2, 0.25) is 5.95 Å². The van der Waals surface area contributed by atoms with E-state index in [0.717, 1.165) is 0 Å². The molecule has 1 amide bonds. The first kappa shape index (κ1) is 20.9. The van der Waals surface area contributed by atoms with Gasteiger partial charge in [0.25, 0.3) is 5.91 Å². The van der Waals surface area contributed by atoms with Crippen LogP contribution in [0.5, 0.6) is 5.75 Å². The molecule has 0 unspecified atom stereocenters. The molecular weight excluding hydrogens is 399 g/mol. The number of nitrogens with zero attached hydrogens (tertiary/aromatic N) is 2. The molecular formula is C20H18F3N5O2. The van der Waals surface area contributed by atoms with Gasteiger partial charge in [-0.25, -0.2) is 4.98 Å². The molecule has 0 saturated carbocycles. The molecule has 0 aliphatic rings. The first-order valence-electron chi connectivity index (χ1n) is 8.89. The average molecular weight is 417 g/mol. The predicted octanol–water partition coefficient (Wildman–Crippen LogP) is 4.31. The van der Waals surface area contributed by atoms with E-state index in [1.807, 2.05) is 6.92 Å². The second kappa shape index (κ2) is 8.68. The molecule has 7 nitrogen and oxygen atoms in total. The molecule has 1 aromatic heterocycles. The van der Waals surface area contributed by atoms with Crippen LogP contribution in [0.3, 0.4) is 0 Å². The van der Waals surface area contributed by atoms with Crippen LogP contribution in [-0.2, 0) is 0 Å². The van der Waals surface area contributed by atoms with Crippen LogP contribution in [0.1, 0.15) is 17.3 Å². The maximum absolute atomic E-state index is 12.5. The number of benzene rings is 2. The van der Waals surface area contributed by atoms with Crippen LogP contribution in [0.2, 0.25) is 0 Å². The summed E-state index contributed by atoms with van der Waals surface area (Å²) < 4.78 is 41.5. The number of alkyl halides is 3. The molecule has 0 aliphatic heterocycles. The lowest BCUT2D eigenvalue weighted by molar-refractivity contribution is -0.274. The normalized spacial score (nSPS) is 11.1. The molecule has 0 bridgehead atoms. The van der Waals surface area contributed by atoms with Crippen molar-refractivity contribution in [1.29, 1.82) is 0 Å². The Labute approximate surface area is 170 Å². The summed E-state index contributed by atoms with van der Waals surface area (Å²) in [4.78, 5) is 21.0. The number of anilines is 3. The van der Waals surface area contributed by atoms with Crippen LogP contribution in [-0.4, -0.2) is 28.8 Å². The van der Waals surface area contributed by atoms with Gasteiger partial charge in [-0.15, -0.1) is 13.2 Å². The van der Waals surface area contributed by atoms with Crippen LogP contribution in [0, 0.1) is 0 Å². The van der Waals surface area contributed by atoms with Crippen molar-refractivity contribution in [2.75, 3.05) is 22.9 Å². The highest BCUT2D eigenvalue weighted by Crippen LogP contribution is 2.28. The van der Waals surface area contributed by atoms with Crippen molar-refractivity contribution in [3.05, 3.63) is 60.2 Å². The molecule has 1 heterocycles. The number of aromatic nitrogens is 2. The number of carbonyl (C=O) groups is 1. The summed E-state index contributed by atoms with van der Waals surface area (Å²) in [7, 11) is 0. The number of nitrogens with one attached hydrogen (secondary N) is 2. The molecule has 0 aliphatic carbocycles. The quantitative estimate of drug-likeness (QED) is 0.517. The van der Waals surface area contributed by atoms with Crippen molar-refractivity contribution >= 4 is 23.4 Å². The van der Waals surface area contributed by atoms with Gasteiger partial charge in [0, 0.05) is 29.4 Å². The van der Waals surface area contributed by atoms with Gasteiger partial charge in [0.05, 0.1) is 5.69 Å². The Bertz CT molecular complexity index is 1060. The molecule has 0 fully saturated rings. The van der Waals surface area contributed by atoms with Crippen molar-refractivity contribution in [3.63, 3.8) is 0 Å². The first-order chi connectivity index (χ1) is 14.2. The molecule has 156 valence electrons. The van der Waals surface area contributed by atoms with Crippen LogP contribution in [0.15, 0.2) is 54.6 Å². The summed E-state index contributed by atoms with van der Waals surface area (Å²) in [6.45, 7) is 2.34. The van der Waals surface area contributed by atoms with Crippen LogP contribution < -0.4 is 21.1 Å². The van der Waals surface area contributed by atoms with Gasteiger partial charge in [-0.3, -0.25) is 4.79 Å². The van der Waals surface area contributed by atoms with Gasteiger partial charge < -0.3 is 21.1 Å². The van der Waals surface area contributed by atoms with Crippen molar-refractivity contribution in [2.24, 2.45) is 0 Å². The van der Waals surface area contributed by atoms with Crippen molar-refractivity contribution in [3.8, 4) is 17.0 Å². The number of rotatable bonds is 6. The molecule has 0 radical (unpaired) electrons. The minimum atomic E-state index is -4.81. The number of halogens is 3. The monoisotopic (exact) mass is 417 g/mol. The summed E-state index contributed by atoms with van der Waals surface area (Å²) in [5.74, 6) is -0.442. The van der Waals surface area contributed by atoms with Crippen LogP contribution >= 0.6 is 0 Å². The fourth-order valence-corrected chi connectivity index (χ4v) is 2.62. The van der Waals surface area contributed by atoms with Gasteiger partial charge in [-0.1, -0.05) is 18.2 Å². The third-order valence-electron chi connectivity index (χ3n) is 3.81. The highest BCUT2D eigenvalue weighted by Gasteiger charge is 2.31. The standard InChI is InChI=1S/C20H18F3N5O2/c1-2-25-19-26-16(12-5-4-8-15(10-12)30-20(21,22)23)11-17(28-19)27-18(29)13-6-3-7-14(24)9-13/h3-11H,2,24H2,1H3,(H2,25,26,27,28,29). The van der Waals surface area contributed by atoms with Crippen LogP contribution in [0.25, 0.3) is 11.3 Å². The second-order valence-electron chi connectivity index (χ2n) is 6.15.